The molecule has 0 spiro atoms. The van der Waals surface area contributed by atoms with Crippen LogP contribution in [0.25, 0.3) is 21.8 Å². The summed E-state index contributed by atoms with van der Waals surface area (Å²) < 4.78 is 42.1. The molecule has 35 heavy (non-hydrogen) atoms. The van der Waals surface area contributed by atoms with E-state index in [-0.39, 0.29) is 30.1 Å². The highest BCUT2D eigenvalue weighted by atomic mass is 35.5. The predicted octanol–water partition coefficient (Wildman–Crippen LogP) is 6.40. The number of carbonyl (C=O) groups excluding carboxylic acids is 1. The van der Waals surface area contributed by atoms with Crippen molar-refractivity contribution in [3.63, 3.8) is 0 Å². The molecule has 1 amide bonds. The normalized spacial score (nSPS) is 18.6. The van der Waals surface area contributed by atoms with Crippen LogP contribution >= 0.6 is 11.6 Å². The Labute approximate surface area is 205 Å². The Bertz CT molecular complexity index is 1380. The van der Waals surface area contributed by atoms with E-state index in [2.05, 4.69) is 15.6 Å². The summed E-state index contributed by atoms with van der Waals surface area (Å²) in [6.07, 6.45) is 0.298. The van der Waals surface area contributed by atoms with Gasteiger partial charge in [0.2, 0.25) is 5.91 Å². The first-order valence-electron chi connectivity index (χ1n) is 11.5. The van der Waals surface area contributed by atoms with Crippen LogP contribution in [0, 0.1) is 0 Å². The molecular formula is C26H24ClF3N4O. The number of nitrogens with one attached hydrogen (secondary N) is 2. The molecule has 1 aliphatic carbocycles. The van der Waals surface area contributed by atoms with Crippen LogP contribution < -0.4 is 10.6 Å². The van der Waals surface area contributed by atoms with E-state index in [4.69, 9.17) is 11.6 Å². The molecule has 0 atom stereocenters. The van der Waals surface area contributed by atoms with Crippen LogP contribution in [0.3, 0.4) is 0 Å². The van der Waals surface area contributed by atoms with E-state index in [1.165, 1.54) is 12.1 Å². The maximum Gasteiger partial charge on any atom is 0.433 e. The van der Waals surface area contributed by atoms with Gasteiger partial charge in [-0.05, 0) is 67.5 Å². The topological polar surface area (TPSA) is 59.0 Å². The summed E-state index contributed by atoms with van der Waals surface area (Å²) >= 11 is 6.09. The number of hydrogen-bond acceptors (Lipinski definition) is 3. The van der Waals surface area contributed by atoms with Crippen molar-refractivity contribution in [2.24, 2.45) is 0 Å². The number of para-hydroxylation sites is 1. The number of anilines is 1. The van der Waals surface area contributed by atoms with E-state index in [0.29, 0.717) is 16.1 Å². The van der Waals surface area contributed by atoms with Crippen LogP contribution in [0.15, 0.2) is 60.8 Å². The van der Waals surface area contributed by atoms with Gasteiger partial charge in [0.25, 0.3) is 0 Å². The van der Waals surface area contributed by atoms with E-state index in [1.807, 2.05) is 41.1 Å². The van der Waals surface area contributed by atoms with E-state index in [1.54, 1.807) is 6.07 Å². The number of hydrogen-bond donors (Lipinski definition) is 2. The third kappa shape index (κ3) is 5.22. The number of alkyl halides is 3. The molecule has 4 aromatic rings. The highest BCUT2D eigenvalue weighted by Gasteiger charge is 2.34. The molecule has 182 valence electrons. The summed E-state index contributed by atoms with van der Waals surface area (Å²) in [4.78, 5) is 16.4. The summed E-state index contributed by atoms with van der Waals surface area (Å²) in [5.74, 6) is -0.0487. The number of pyridine rings is 1. The minimum atomic E-state index is -4.54. The van der Waals surface area contributed by atoms with Crippen molar-refractivity contribution in [3.05, 3.63) is 71.5 Å². The zero-order valence-corrected chi connectivity index (χ0v) is 19.5. The van der Waals surface area contributed by atoms with Crippen molar-refractivity contribution in [1.82, 2.24) is 14.9 Å². The smallest absolute Gasteiger partial charge is 0.382 e. The number of nitrogens with zero attached hydrogens (tertiary/aromatic N) is 2. The number of fused-ring (bicyclic) bond motifs is 2. The maximum absolute atomic E-state index is 13.4. The van der Waals surface area contributed by atoms with Gasteiger partial charge in [-0.1, -0.05) is 29.8 Å². The molecule has 1 aliphatic rings. The molecule has 0 aliphatic heterocycles. The first-order chi connectivity index (χ1) is 16.8. The molecular weight excluding hydrogens is 477 g/mol. The van der Waals surface area contributed by atoms with Crippen molar-refractivity contribution >= 4 is 45.0 Å². The van der Waals surface area contributed by atoms with Gasteiger partial charge >= 0.3 is 6.18 Å². The van der Waals surface area contributed by atoms with Crippen LogP contribution in [0.5, 0.6) is 0 Å². The Morgan fingerprint density at radius 3 is 2.54 bits per heavy atom. The van der Waals surface area contributed by atoms with Gasteiger partial charge in [-0.2, -0.15) is 13.2 Å². The second kappa shape index (κ2) is 9.41. The van der Waals surface area contributed by atoms with Crippen molar-refractivity contribution < 1.29 is 18.0 Å². The minimum Gasteiger partial charge on any atom is -0.382 e. The molecule has 5 rings (SSSR count). The van der Waals surface area contributed by atoms with Crippen molar-refractivity contribution in [2.75, 3.05) is 5.32 Å². The Kier molecular flexibility index (Phi) is 6.32. The van der Waals surface area contributed by atoms with Crippen molar-refractivity contribution in [2.45, 2.75) is 50.5 Å². The van der Waals surface area contributed by atoms with Gasteiger partial charge in [-0.3, -0.25) is 4.79 Å². The average Bonchev–Trinajstić information content (AvgIpc) is 3.22. The highest BCUT2D eigenvalue weighted by molar-refractivity contribution is 6.31. The first-order valence-corrected chi connectivity index (χ1v) is 11.9. The molecule has 1 saturated carbocycles. The lowest BCUT2D eigenvalue weighted by Gasteiger charge is -2.31. The summed E-state index contributed by atoms with van der Waals surface area (Å²) in [7, 11) is 0. The number of rotatable bonds is 5. The Morgan fingerprint density at radius 1 is 1.03 bits per heavy atom. The molecule has 0 bridgehead atoms. The van der Waals surface area contributed by atoms with E-state index < -0.39 is 11.9 Å². The second-order valence-corrected chi connectivity index (χ2v) is 9.41. The Balaban J connectivity index is 1.22. The number of carbonyl (C=O) groups is 1. The Morgan fingerprint density at radius 2 is 1.77 bits per heavy atom. The lowest BCUT2D eigenvalue weighted by Crippen LogP contribution is -2.41. The third-order valence-corrected chi connectivity index (χ3v) is 6.74. The third-order valence-electron chi connectivity index (χ3n) is 6.51. The molecule has 0 radical (unpaired) electrons. The molecule has 1 fully saturated rings. The maximum atomic E-state index is 13.4. The highest BCUT2D eigenvalue weighted by Crippen LogP contribution is 2.35. The summed E-state index contributed by atoms with van der Waals surface area (Å²) in [5.41, 5.74) is 0.689. The van der Waals surface area contributed by atoms with Crippen LogP contribution in [0.2, 0.25) is 5.02 Å². The fraction of sp³-hybridized carbons (Fsp3) is 0.308. The molecule has 2 heterocycles. The van der Waals surface area contributed by atoms with Gasteiger partial charge in [0.05, 0.1) is 5.52 Å². The summed E-state index contributed by atoms with van der Waals surface area (Å²) in [6, 6.07) is 15.6. The van der Waals surface area contributed by atoms with Gasteiger partial charge < -0.3 is 15.2 Å². The average molecular weight is 501 g/mol. The van der Waals surface area contributed by atoms with Gasteiger partial charge in [0, 0.05) is 39.9 Å². The quantitative estimate of drug-likeness (QED) is 0.333. The summed E-state index contributed by atoms with van der Waals surface area (Å²) in [5, 5.41) is 8.47. The first kappa shape index (κ1) is 23.5. The van der Waals surface area contributed by atoms with Crippen LogP contribution in [0.4, 0.5) is 18.9 Å². The van der Waals surface area contributed by atoms with Gasteiger partial charge in [0.1, 0.15) is 12.2 Å². The molecule has 0 saturated heterocycles. The number of benzene rings is 2. The van der Waals surface area contributed by atoms with Gasteiger partial charge in [0.15, 0.2) is 0 Å². The fourth-order valence-corrected chi connectivity index (χ4v) is 4.94. The number of amides is 1. The zero-order chi connectivity index (χ0) is 24.6. The van der Waals surface area contributed by atoms with E-state index in [0.717, 1.165) is 42.7 Å². The largest absolute Gasteiger partial charge is 0.433 e. The predicted molar refractivity (Wildman–Crippen MR) is 132 cm³/mol. The fourth-order valence-electron chi connectivity index (χ4n) is 4.77. The SMILES string of the molecule is O=C(Cn1ccc2ccccc21)N[C@H]1CC[C@@H](Nc2cc(C(F)(F)F)nc3ccc(Cl)cc23)CC1. The van der Waals surface area contributed by atoms with Gasteiger partial charge in [-0.15, -0.1) is 0 Å². The standard InChI is InChI=1S/C26H24ClF3N4O/c27-17-5-10-21-20(13-17)22(14-24(33-21)26(28,29)30)31-18-6-8-19(9-7-18)32-25(35)15-34-12-11-16-3-1-2-4-23(16)34/h1-5,10-14,18-19H,6-9,15H2,(H,31,33)(H,32,35)/t18-,19+. The van der Waals surface area contributed by atoms with Crippen molar-refractivity contribution in [1.29, 1.82) is 0 Å². The lowest BCUT2D eigenvalue weighted by atomic mass is 9.90. The monoisotopic (exact) mass is 500 g/mol. The summed E-state index contributed by atoms with van der Waals surface area (Å²) in [6.45, 7) is 0.246. The molecule has 2 N–H and O–H groups in total. The second-order valence-electron chi connectivity index (χ2n) is 8.98. The Hall–Kier alpha value is -3.26. The molecule has 2 aromatic carbocycles. The zero-order valence-electron chi connectivity index (χ0n) is 18.8. The molecule has 5 nitrogen and oxygen atoms in total. The number of aromatic nitrogens is 2. The van der Waals surface area contributed by atoms with E-state index >= 15 is 0 Å². The van der Waals surface area contributed by atoms with Crippen LogP contribution in [-0.4, -0.2) is 27.5 Å². The molecule has 9 heteroatoms. The van der Waals surface area contributed by atoms with E-state index in [9.17, 15) is 18.0 Å². The van der Waals surface area contributed by atoms with Gasteiger partial charge in [-0.25, -0.2) is 4.98 Å². The minimum absolute atomic E-state index is 0.0118. The molecule has 0 unspecified atom stereocenters. The van der Waals surface area contributed by atoms with Crippen molar-refractivity contribution in [3.8, 4) is 0 Å². The van der Waals surface area contributed by atoms with Crippen LogP contribution in [0.1, 0.15) is 31.4 Å². The molecule has 2 aromatic heterocycles. The van der Waals surface area contributed by atoms with Crippen LogP contribution in [-0.2, 0) is 17.5 Å². The lowest BCUT2D eigenvalue weighted by molar-refractivity contribution is -0.140. The number of halogens is 4.